The van der Waals surface area contributed by atoms with Crippen molar-refractivity contribution in [2.45, 2.75) is 18.6 Å². The van der Waals surface area contributed by atoms with Gasteiger partial charge < -0.3 is 10.1 Å². The third-order valence-corrected chi connectivity index (χ3v) is 5.94. The second-order valence-corrected chi connectivity index (χ2v) is 8.08. The summed E-state index contributed by atoms with van der Waals surface area (Å²) in [5.74, 6) is 0.696. The Morgan fingerprint density at radius 2 is 1.91 bits per heavy atom. The molecule has 2 aromatic carbocycles. The number of amides is 1. The number of nitrogens with one attached hydrogen (secondary N) is 1. The molecule has 164 valence electrons. The van der Waals surface area contributed by atoms with E-state index in [-0.39, 0.29) is 22.9 Å². The van der Waals surface area contributed by atoms with Gasteiger partial charge in [0, 0.05) is 29.6 Å². The maximum absolute atomic E-state index is 12.9. The van der Waals surface area contributed by atoms with Crippen LogP contribution in [0.1, 0.15) is 12.5 Å². The molecule has 0 atom stereocenters. The fraction of sp³-hybridized carbons (Fsp3) is 0.182. The predicted octanol–water partition coefficient (Wildman–Crippen LogP) is 3.34. The fourth-order valence-electron chi connectivity index (χ4n) is 3.05. The monoisotopic (exact) mass is 469 g/mol. The molecule has 0 saturated carbocycles. The third kappa shape index (κ3) is 4.79. The van der Waals surface area contributed by atoms with Crippen LogP contribution >= 0.6 is 23.4 Å². The SMILES string of the molecule is CCOc1ccc(-n2ccn3c(SCC(=O)NCc4ccccc4Cl)nnc3c2=O)cc1. The Kier molecular flexibility index (Phi) is 6.77. The van der Waals surface area contributed by atoms with Crippen molar-refractivity contribution in [3.05, 3.63) is 81.9 Å². The molecule has 0 aliphatic rings. The summed E-state index contributed by atoms with van der Waals surface area (Å²) >= 11 is 7.31. The molecule has 2 heterocycles. The molecule has 0 aliphatic heterocycles. The van der Waals surface area contributed by atoms with Gasteiger partial charge in [0.15, 0.2) is 5.16 Å². The first kappa shape index (κ1) is 21.9. The molecule has 32 heavy (non-hydrogen) atoms. The maximum Gasteiger partial charge on any atom is 0.300 e. The summed E-state index contributed by atoms with van der Waals surface area (Å²) in [5, 5.41) is 12.0. The van der Waals surface area contributed by atoms with Crippen molar-refractivity contribution in [2.75, 3.05) is 12.4 Å². The number of aromatic nitrogens is 4. The molecule has 4 aromatic rings. The molecule has 0 radical (unpaired) electrons. The minimum Gasteiger partial charge on any atom is -0.494 e. The number of nitrogens with zero attached hydrogens (tertiary/aromatic N) is 4. The first-order valence-electron chi connectivity index (χ1n) is 9.89. The van der Waals surface area contributed by atoms with E-state index in [0.29, 0.717) is 29.0 Å². The van der Waals surface area contributed by atoms with Crippen molar-refractivity contribution in [3.63, 3.8) is 0 Å². The summed E-state index contributed by atoms with van der Waals surface area (Å²) in [5.41, 5.74) is 1.41. The van der Waals surface area contributed by atoms with Crippen LogP contribution in [0.2, 0.25) is 5.02 Å². The van der Waals surface area contributed by atoms with Gasteiger partial charge in [-0.15, -0.1) is 10.2 Å². The lowest BCUT2D eigenvalue weighted by Gasteiger charge is -2.08. The lowest BCUT2D eigenvalue weighted by atomic mass is 10.2. The van der Waals surface area contributed by atoms with E-state index in [1.807, 2.05) is 37.3 Å². The number of thioether (sulfide) groups is 1. The van der Waals surface area contributed by atoms with Crippen LogP contribution in [0.3, 0.4) is 0 Å². The van der Waals surface area contributed by atoms with Crippen LogP contribution in [0.25, 0.3) is 11.3 Å². The first-order chi connectivity index (χ1) is 15.6. The van der Waals surface area contributed by atoms with Crippen LogP contribution in [0.15, 0.2) is 70.9 Å². The molecule has 0 bridgehead atoms. The maximum atomic E-state index is 12.9. The Balaban J connectivity index is 1.44. The van der Waals surface area contributed by atoms with Gasteiger partial charge in [0.05, 0.1) is 12.4 Å². The minimum atomic E-state index is -0.306. The summed E-state index contributed by atoms with van der Waals surface area (Å²) in [6.07, 6.45) is 3.35. The lowest BCUT2D eigenvalue weighted by molar-refractivity contribution is -0.118. The molecule has 0 unspecified atom stereocenters. The Labute approximate surface area is 193 Å². The molecule has 0 fully saturated rings. The van der Waals surface area contributed by atoms with Crippen molar-refractivity contribution in [1.29, 1.82) is 0 Å². The average molecular weight is 470 g/mol. The van der Waals surface area contributed by atoms with Crippen molar-refractivity contribution < 1.29 is 9.53 Å². The predicted molar refractivity (Wildman–Crippen MR) is 124 cm³/mol. The van der Waals surface area contributed by atoms with Gasteiger partial charge in [0.2, 0.25) is 11.6 Å². The molecule has 10 heteroatoms. The van der Waals surface area contributed by atoms with Crippen LogP contribution in [0, 0.1) is 0 Å². The van der Waals surface area contributed by atoms with Gasteiger partial charge in [0.1, 0.15) is 5.75 Å². The minimum absolute atomic E-state index is 0.132. The number of hydrogen-bond donors (Lipinski definition) is 1. The summed E-state index contributed by atoms with van der Waals surface area (Å²) in [6, 6.07) is 14.6. The van der Waals surface area contributed by atoms with E-state index in [2.05, 4.69) is 15.5 Å². The number of ether oxygens (including phenoxy) is 1. The highest BCUT2D eigenvalue weighted by atomic mass is 35.5. The molecule has 0 aliphatic carbocycles. The van der Waals surface area contributed by atoms with Gasteiger partial charge in [-0.25, -0.2) is 0 Å². The van der Waals surface area contributed by atoms with E-state index >= 15 is 0 Å². The molecular formula is C22H20ClN5O3S. The standard InChI is InChI=1S/C22H20ClN5O3S/c1-2-31-17-9-7-16(8-10-17)27-11-12-28-20(21(27)30)25-26-22(28)32-14-19(29)24-13-15-5-3-4-6-18(15)23/h3-12H,2,13-14H2,1H3,(H,24,29). The molecular weight excluding hydrogens is 450 g/mol. The van der Waals surface area contributed by atoms with Crippen LogP contribution < -0.4 is 15.6 Å². The number of rotatable bonds is 8. The summed E-state index contributed by atoms with van der Waals surface area (Å²) in [7, 11) is 0. The molecule has 8 nitrogen and oxygen atoms in total. The summed E-state index contributed by atoms with van der Waals surface area (Å²) < 4.78 is 8.51. The highest BCUT2D eigenvalue weighted by Crippen LogP contribution is 2.18. The largest absolute Gasteiger partial charge is 0.494 e. The molecule has 0 saturated heterocycles. The normalized spacial score (nSPS) is 10.9. The molecule has 1 N–H and O–H groups in total. The number of fused-ring (bicyclic) bond motifs is 1. The fourth-order valence-corrected chi connectivity index (χ4v) is 4.00. The van der Waals surface area contributed by atoms with E-state index in [4.69, 9.17) is 16.3 Å². The number of hydrogen-bond acceptors (Lipinski definition) is 6. The van der Waals surface area contributed by atoms with Gasteiger partial charge in [-0.1, -0.05) is 41.6 Å². The Morgan fingerprint density at radius 3 is 2.66 bits per heavy atom. The second-order valence-electron chi connectivity index (χ2n) is 6.73. The molecule has 1 amide bonds. The van der Waals surface area contributed by atoms with E-state index in [1.165, 1.54) is 16.3 Å². The van der Waals surface area contributed by atoms with Crippen LogP contribution in [0.4, 0.5) is 0 Å². The number of carbonyl (C=O) groups excluding carboxylic acids is 1. The van der Waals surface area contributed by atoms with Crippen LogP contribution in [-0.4, -0.2) is 37.4 Å². The molecule has 0 spiro atoms. The number of carbonyl (C=O) groups is 1. The van der Waals surface area contributed by atoms with E-state index in [1.54, 1.807) is 35.0 Å². The van der Waals surface area contributed by atoms with E-state index in [9.17, 15) is 9.59 Å². The van der Waals surface area contributed by atoms with Gasteiger partial charge in [-0.05, 0) is 42.8 Å². The smallest absolute Gasteiger partial charge is 0.300 e. The zero-order valence-corrected chi connectivity index (χ0v) is 18.8. The average Bonchev–Trinajstić information content (AvgIpc) is 3.22. The van der Waals surface area contributed by atoms with Crippen molar-refractivity contribution in [2.24, 2.45) is 0 Å². The zero-order chi connectivity index (χ0) is 22.5. The van der Waals surface area contributed by atoms with E-state index in [0.717, 1.165) is 11.3 Å². The quantitative estimate of drug-likeness (QED) is 0.398. The van der Waals surface area contributed by atoms with Gasteiger partial charge in [-0.3, -0.25) is 18.6 Å². The zero-order valence-electron chi connectivity index (χ0n) is 17.2. The van der Waals surface area contributed by atoms with Crippen molar-refractivity contribution >= 4 is 34.9 Å². The number of halogens is 1. The lowest BCUT2D eigenvalue weighted by Crippen LogP contribution is -2.24. The van der Waals surface area contributed by atoms with Gasteiger partial charge >= 0.3 is 5.56 Å². The van der Waals surface area contributed by atoms with Gasteiger partial charge in [-0.2, -0.15) is 0 Å². The Hall–Kier alpha value is -3.30. The third-order valence-electron chi connectivity index (χ3n) is 4.63. The Morgan fingerprint density at radius 1 is 1.12 bits per heavy atom. The highest BCUT2D eigenvalue weighted by molar-refractivity contribution is 7.99. The van der Waals surface area contributed by atoms with Crippen molar-refractivity contribution in [1.82, 2.24) is 24.5 Å². The second kappa shape index (κ2) is 9.88. The molecule has 2 aromatic heterocycles. The number of benzene rings is 2. The van der Waals surface area contributed by atoms with Crippen molar-refractivity contribution in [3.8, 4) is 11.4 Å². The van der Waals surface area contributed by atoms with Crippen LogP contribution in [-0.2, 0) is 11.3 Å². The van der Waals surface area contributed by atoms with Crippen LogP contribution in [0.5, 0.6) is 5.75 Å². The Bertz CT molecular complexity index is 1300. The topological polar surface area (TPSA) is 90.5 Å². The van der Waals surface area contributed by atoms with E-state index < -0.39 is 0 Å². The summed E-state index contributed by atoms with van der Waals surface area (Å²) in [4.78, 5) is 25.1. The molecule has 4 rings (SSSR count). The first-order valence-corrected chi connectivity index (χ1v) is 11.3. The summed E-state index contributed by atoms with van der Waals surface area (Å²) in [6.45, 7) is 2.83. The van der Waals surface area contributed by atoms with Gasteiger partial charge in [0.25, 0.3) is 0 Å². The highest BCUT2D eigenvalue weighted by Gasteiger charge is 2.14.